The smallest absolute Gasteiger partial charge is 0.257 e. The van der Waals surface area contributed by atoms with Crippen LogP contribution in [0.1, 0.15) is 32.0 Å². The van der Waals surface area contributed by atoms with Crippen molar-refractivity contribution in [3.05, 3.63) is 69.2 Å². The molecule has 0 aliphatic heterocycles. The predicted molar refractivity (Wildman–Crippen MR) is 109 cm³/mol. The molecule has 0 saturated heterocycles. The van der Waals surface area contributed by atoms with Gasteiger partial charge < -0.3 is 15.1 Å². The minimum atomic E-state index is -0.236. The number of H-pyrrole nitrogens is 1. The van der Waals surface area contributed by atoms with E-state index in [1.54, 1.807) is 24.4 Å². The number of fused-ring (bicyclic) bond motifs is 1. The number of nitrogens with one attached hydrogen (secondary N) is 2. The molecule has 6 nitrogen and oxygen atoms in total. The van der Waals surface area contributed by atoms with E-state index in [2.05, 4.69) is 20.5 Å². The zero-order valence-corrected chi connectivity index (χ0v) is 16.2. The van der Waals surface area contributed by atoms with Crippen molar-refractivity contribution in [2.75, 3.05) is 0 Å². The number of pyridine rings is 2. The number of nitrogens with zero attached hydrogens (tertiary/aromatic N) is 2. The monoisotopic (exact) mass is 384 g/mol. The largest absolute Gasteiger partial charge is 0.486 e. The minimum absolute atomic E-state index is 0.177. The molecule has 140 valence electrons. The average Bonchev–Trinajstić information content (AvgIpc) is 2.61. The first kappa shape index (κ1) is 18.9. The highest BCUT2D eigenvalue weighted by molar-refractivity contribution is 6.32. The molecule has 2 heterocycles. The molecule has 0 bridgehead atoms. The normalized spacial score (nSPS) is 11.9. The molecule has 3 rings (SSSR count). The molecule has 3 aromatic rings. The summed E-state index contributed by atoms with van der Waals surface area (Å²) in [5, 5.41) is 5.38. The van der Waals surface area contributed by atoms with E-state index in [-0.39, 0.29) is 11.1 Å². The van der Waals surface area contributed by atoms with Crippen LogP contribution in [0.5, 0.6) is 5.75 Å². The minimum Gasteiger partial charge on any atom is -0.486 e. The van der Waals surface area contributed by atoms with Crippen LogP contribution >= 0.6 is 11.6 Å². The van der Waals surface area contributed by atoms with Gasteiger partial charge in [-0.15, -0.1) is 0 Å². The van der Waals surface area contributed by atoms with E-state index in [9.17, 15) is 4.79 Å². The second-order valence-electron chi connectivity index (χ2n) is 7.15. The Kier molecular flexibility index (Phi) is 5.46. The van der Waals surface area contributed by atoms with Gasteiger partial charge >= 0.3 is 0 Å². The highest BCUT2D eigenvalue weighted by atomic mass is 35.5. The molecule has 0 aliphatic rings. The molecular formula is C20H21ClN4O2. The maximum absolute atomic E-state index is 12.3. The van der Waals surface area contributed by atoms with E-state index < -0.39 is 0 Å². The first-order chi connectivity index (χ1) is 12.8. The molecule has 2 aromatic heterocycles. The lowest BCUT2D eigenvalue weighted by atomic mass is 10.1. The molecule has 0 unspecified atom stereocenters. The number of aromatic amines is 1. The van der Waals surface area contributed by atoms with Gasteiger partial charge in [0.2, 0.25) is 0 Å². The van der Waals surface area contributed by atoms with Crippen molar-refractivity contribution in [2.24, 2.45) is 5.10 Å². The molecule has 7 heteroatoms. The first-order valence-electron chi connectivity index (χ1n) is 8.51. The Morgan fingerprint density at radius 2 is 2.11 bits per heavy atom. The third-order valence-electron chi connectivity index (χ3n) is 3.63. The summed E-state index contributed by atoms with van der Waals surface area (Å²) in [6, 6.07) is 10.8. The summed E-state index contributed by atoms with van der Waals surface area (Å²) in [5.74, 6) is 0.487. The van der Waals surface area contributed by atoms with Crippen molar-refractivity contribution < 1.29 is 4.74 Å². The van der Waals surface area contributed by atoms with Crippen LogP contribution in [0.25, 0.3) is 10.9 Å². The Labute approximate surface area is 162 Å². The Balaban J connectivity index is 1.85. The fraction of sp³-hybridized carbons (Fsp3) is 0.250. The van der Waals surface area contributed by atoms with E-state index in [1.807, 2.05) is 39.0 Å². The molecule has 0 atom stereocenters. The molecule has 2 N–H and O–H groups in total. The highest BCUT2D eigenvalue weighted by Gasteiger charge is 2.09. The Bertz CT molecular complexity index is 1020. The molecule has 0 aliphatic carbocycles. The van der Waals surface area contributed by atoms with Crippen molar-refractivity contribution in [1.29, 1.82) is 0 Å². The number of rotatable bonds is 5. The molecule has 1 aromatic carbocycles. The molecule has 27 heavy (non-hydrogen) atoms. The number of hydrogen-bond acceptors (Lipinski definition) is 5. The maximum Gasteiger partial charge on any atom is 0.257 e. The number of hydrazone groups is 1. The van der Waals surface area contributed by atoms with Gasteiger partial charge in [0.05, 0.1) is 28.0 Å². The van der Waals surface area contributed by atoms with Gasteiger partial charge in [0.25, 0.3) is 5.56 Å². The predicted octanol–water partition coefficient (Wildman–Crippen LogP) is 3.88. The van der Waals surface area contributed by atoms with Gasteiger partial charge in [0, 0.05) is 23.2 Å². The second-order valence-corrected chi connectivity index (χ2v) is 7.56. The first-order valence-corrected chi connectivity index (χ1v) is 8.89. The van der Waals surface area contributed by atoms with Gasteiger partial charge in [-0.3, -0.25) is 9.78 Å². The van der Waals surface area contributed by atoms with Gasteiger partial charge in [-0.25, -0.2) is 0 Å². The quantitative estimate of drug-likeness (QED) is 0.517. The van der Waals surface area contributed by atoms with Gasteiger partial charge in [-0.05, 0) is 45.0 Å². The lowest BCUT2D eigenvalue weighted by Crippen LogP contribution is -2.31. The fourth-order valence-corrected chi connectivity index (χ4v) is 2.59. The second kappa shape index (κ2) is 7.80. The lowest BCUT2D eigenvalue weighted by molar-refractivity contribution is 0.302. The van der Waals surface area contributed by atoms with Gasteiger partial charge in [-0.1, -0.05) is 17.7 Å². The number of ether oxygens (including phenoxy) is 1. The van der Waals surface area contributed by atoms with Gasteiger partial charge in [-0.2, -0.15) is 5.10 Å². The summed E-state index contributed by atoms with van der Waals surface area (Å²) in [4.78, 5) is 19.4. The summed E-state index contributed by atoms with van der Waals surface area (Å²) in [6.07, 6.45) is 3.21. The Morgan fingerprint density at radius 1 is 1.30 bits per heavy atom. The molecule has 0 amide bonds. The average molecular weight is 385 g/mol. The molecule has 0 fully saturated rings. The van der Waals surface area contributed by atoms with Crippen molar-refractivity contribution in [1.82, 2.24) is 15.4 Å². The Morgan fingerprint density at radius 3 is 2.81 bits per heavy atom. The van der Waals surface area contributed by atoms with Crippen LogP contribution in [-0.4, -0.2) is 21.7 Å². The van der Waals surface area contributed by atoms with Crippen LogP contribution in [0, 0.1) is 0 Å². The molecule has 0 saturated carbocycles. The van der Waals surface area contributed by atoms with Crippen LogP contribution < -0.4 is 15.7 Å². The van der Waals surface area contributed by atoms with Crippen LogP contribution in [0.2, 0.25) is 5.02 Å². The fourth-order valence-electron chi connectivity index (χ4n) is 2.36. The number of halogens is 1. The van der Waals surface area contributed by atoms with Gasteiger partial charge in [0.15, 0.2) is 0 Å². The van der Waals surface area contributed by atoms with Crippen molar-refractivity contribution in [2.45, 2.75) is 32.9 Å². The summed E-state index contributed by atoms with van der Waals surface area (Å²) in [6.45, 7) is 6.25. The number of benzene rings is 1. The lowest BCUT2D eigenvalue weighted by Gasteiger charge is -2.16. The summed E-state index contributed by atoms with van der Waals surface area (Å²) in [5.41, 5.74) is 4.42. The highest BCUT2D eigenvalue weighted by Crippen LogP contribution is 2.29. The van der Waals surface area contributed by atoms with Crippen molar-refractivity contribution in [3.8, 4) is 5.75 Å². The molecule has 0 spiro atoms. The third kappa shape index (κ3) is 5.08. The van der Waals surface area contributed by atoms with E-state index in [4.69, 9.17) is 16.3 Å². The van der Waals surface area contributed by atoms with E-state index in [0.29, 0.717) is 28.5 Å². The standard InChI is InChI=1S/C20H21ClN4O2/c1-20(2,3)25-23-11-14-8-13-9-16(21)18(10-17(13)24-19(14)26)27-12-15-6-4-5-7-22-15/h4-11,25H,12H2,1-3H3,(H,24,26)/b23-11+. The van der Waals surface area contributed by atoms with E-state index >= 15 is 0 Å². The topological polar surface area (TPSA) is 79.4 Å². The van der Waals surface area contributed by atoms with E-state index in [0.717, 1.165) is 11.1 Å². The molecular weight excluding hydrogens is 364 g/mol. The van der Waals surface area contributed by atoms with Crippen LogP contribution in [-0.2, 0) is 6.61 Å². The van der Waals surface area contributed by atoms with E-state index in [1.165, 1.54) is 6.21 Å². The van der Waals surface area contributed by atoms with Crippen molar-refractivity contribution >= 4 is 28.7 Å². The number of aromatic nitrogens is 2. The van der Waals surface area contributed by atoms with Crippen LogP contribution in [0.4, 0.5) is 0 Å². The summed E-state index contributed by atoms with van der Waals surface area (Å²) in [7, 11) is 0. The van der Waals surface area contributed by atoms with Crippen molar-refractivity contribution in [3.63, 3.8) is 0 Å². The Hall–Kier alpha value is -2.86. The molecule has 0 radical (unpaired) electrons. The van der Waals surface area contributed by atoms with Gasteiger partial charge in [0.1, 0.15) is 12.4 Å². The van der Waals surface area contributed by atoms with Crippen LogP contribution in [0.15, 0.2) is 52.5 Å². The summed E-state index contributed by atoms with van der Waals surface area (Å²) >= 11 is 6.34. The third-order valence-corrected chi connectivity index (χ3v) is 3.93. The SMILES string of the molecule is CC(C)(C)N/N=C/c1cc2cc(Cl)c(OCc3ccccn3)cc2[nH]c1=O. The number of hydrogen-bond donors (Lipinski definition) is 2. The van der Waals surface area contributed by atoms with Crippen LogP contribution in [0.3, 0.4) is 0 Å². The zero-order chi connectivity index (χ0) is 19.4. The maximum atomic E-state index is 12.3. The zero-order valence-electron chi connectivity index (χ0n) is 15.4. The summed E-state index contributed by atoms with van der Waals surface area (Å²) < 4.78 is 5.75.